The fourth-order valence-corrected chi connectivity index (χ4v) is 4.85. The van der Waals surface area contributed by atoms with E-state index >= 15 is 0 Å². The molecule has 1 aromatic heterocycles. The minimum Gasteiger partial charge on any atom is -0.350 e. The van der Waals surface area contributed by atoms with Gasteiger partial charge in [-0.2, -0.15) is 5.10 Å². The Labute approximate surface area is 194 Å². The van der Waals surface area contributed by atoms with Gasteiger partial charge in [0, 0.05) is 62.4 Å². The van der Waals surface area contributed by atoms with Crippen LogP contribution in [0.4, 0.5) is 22.0 Å². The maximum Gasteiger partial charge on any atom is 0.251 e. The molecule has 8 nitrogen and oxygen atoms in total. The van der Waals surface area contributed by atoms with Crippen molar-refractivity contribution in [3.63, 3.8) is 0 Å². The van der Waals surface area contributed by atoms with Gasteiger partial charge in [0.2, 0.25) is 11.8 Å². The molecule has 14 heteroatoms. The number of benzene rings is 1. The van der Waals surface area contributed by atoms with Crippen molar-refractivity contribution >= 4 is 22.8 Å². The number of aromatic nitrogens is 2. The zero-order chi connectivity index (χ0) is 25.0. The Morgan fingerprint density at radius 3 is 2.50 bits per heavy atom. The summed E-state index contributed by atoms with van der Waals surface area (Å²) in [4.78, 5) is 24.6. The number of aryl methyl sites for hydroxylation is 1. The van der Waals surface area contributed by atoms with Crippen LogP contribution in [0.1, 0.15) is 24.0 Å². The summed E-state index contributed by atoms with van der Waals surface area (Å²) in [6.07, 6.45) is 1.49. The number of hydrogen-bond acceptors (Lipinski definition) is 4. The van der Waals surface area contributed by atoms with E-state index in [2.05, 4.69) is 15.7 Å². The van der Waals surface area contributed by atoms with Crippen molar-refractivity contribution in [1.29, 1.82) is 0 Å². The standard InChI is InChI=1S/C20H22F5N5O3S/c1-29-10-12(8-28-29)7-26-18(31)9-27-19(32)17-6-20(24,25)2-3-30(17)34(33)11-14-15(22)4-13(21)5-16(14)23/h4-5,8,10,17H,2-3,6-7,9,11H2,1H3,(H,26,31)(H,27,32). The van der Waals surface area contributed by atoms with E-state index in [1.165, 1.54) is 10.9 Å². The lowest BCUT2D eigenvalue weighted by Gasteiger charge is -2.37. The maximum absolute atomic E-state index is 14.0. The number of hydrogen-bond donors (Lipinski definition) is 2. The lowest BCUT2D eigenvalue weighted by molar-refractivity contribution is -0.134. The number of carbonyl (C=O) groups excluding carboxylic acids is 2. The molecule has 1 aromatic carbocycles. The van der Waals surface area contributed by atoms with E-state index in [1.54, 1.807) is 13.2 Å². The van der Waals surface area contributed by atoms with Gasteiger partial charge in [-0.25, -0.2) is 30.5 Å². The minimum atomic E-state index is -3.24. The summed E-state index contributed by atoms with van der Waals surface area (Å²) in [6, 6.07) is -0.787. The molecule has 34 heavy (non-hydrogen) atoms. The highest BCUT2D eigenvalue weighted by molar-refractivity contribution is 7.81. The van der Waals surface area contributed by atoms with Crippen LogP contribution in [0.15, 0.2) is 24.5 Å². The molecule has 0 bridgehead atoms. The number of halogens is 5. The SMILES string of the molecule is Cn1cc(CNC(=O)CNC(=O)C2CC(F)(F)CCN2S(=O)Cc2c(F)cc(F)cc2F)cn1. The van der Waals surface area contributed by atoms with Gasteiger partial charge in [-0.3, -0.25) is 14.3 Å². The smallest absolute Gasteiger partial charge is 0.251 e. The highest BCUT2D eigenvalue weighted by atomic mass is 32.2. The van der Waals surface area contributed by atoms with Gasteiger partial charge in [-0.15, -0.1) is 0 Å². The Balaban J connectivity index is 1.63. The second-order valence-electron chi connectivity index (χ2n) is 7.80. The average Bonchev–Trinajstić information content (AvgIpc) is 3.17. The molecule has 2 N–H and O–H groups in total. The Morgan fingerprint density at radius 2 is 1.88 bits per heavy atom. The van der Waals surface area contributed by atoms with Crippen molar-refractivity contribution in [2.75, 3.05) is 13.1 Å². The number of amides is 2. The fraction of sp³-hybridized carbons (Fsp3) is 0.450. The quantitative estimate of drug-likeness (QED) is 0.530. The third kappa shape index (κ3) is 6.59. The molecule has 2 heterocycles. The first kappa shape index (κ1) is 25.7. The number of nitrogens with zero attached hydrogens (tertiary/aromatic N) is 3. The normalized spacial score (nSPS) is 18.9. The Hall–Kier alpha value is -2.87. The van der Waals surface area contributed by atoms with E-state index in [9.17, 15) is 35.8 Å². The van der Waals surface area contributed by atoms with Crippen molar-refractivity contribution < 1.29 is 35.8 Å². The second-order valence-corrected chi connectivity index (χ2v) is 9.20. The van der Waals surface area contributed by atoms with Gasteiger partial charge in [-0.05, 0) is 0 Å². The molecule has 1 aliphatic rings. The second kappa shape index (κ2) is 10.6. The molecule has 1 aliphatic heterocycles. The molecular weight excluding hydrogens is 485 g/mol. The molecule has 2 amide bonds. The summed E-state index contributed by atoms with van der Waals surface area (Å²) in [5, 5.41) is 8.70. The fourth-order valence-electron chi connectivity index (χ4n) is 3.41. The van der Waals surface area contributed by atoms with Gasteiger partial charge in [0.05, 0.1) is 29.5 Å². The molecule has 0 aliphatic carbocycles. The molecule has 0 saturated carbocycles. The van der Waals surface area contributed by atoms with Gasteiger partial charge in [0.1, 0.15) is 23.5 Å². The van der Waals surface area contributed by atoms with Gasteiger partial charge in [-0.1, -0.05) is 0 Å². The van der Waals surface area contributed by atoms with Crippen LogP contribution in [0.25, 0.3) is 0 Å². The first-order chi connectivity index (χ1) is 15.9. The molecule has 1 saturated heterocycles. The summed E-state index contributed by atoms with van der Waals surface area (Å²) in [5.74, 6) is -9.32. The molecule has 2 aromatic rings. The first-order valence-electron chi connectivity index (χ1n) is 10.1. The van der Waals surface area contributed by atoms with Crippen LogP contribution in [0.2, 0.25) is 0 Å². The van der Waals surface area contributed by atoms with Crippen LogP contribution in [-0.2, 0) is 39.9 Å². The molecule has 2 unspecified atom stereocenters. The van der Waals surface area contributed by atoms with Gasteiger partial charge in [0.25, 0.3) is 5.92 Å². The summed E-state index contributed by atoms with van der Waals surface area (Å²) >= 11 is 0. The van der Waals surface area contributed by atoms with E-state index < -0.39 is 89.5 Å². The number of carbonyl (C=O) groups is 2. The van der Waals surface area contributed by atoms with Crippen LogP contribution in [0, 0.1) is 17.5 Å². The summed E-state index contributed by atoms with van der Waals surface area (Å²) in [7, 11) is -0.587. The van der Waals surface area contributed by atoms with Crippen LogP contribution < -0.4 is 10.6 Å². The largest absolute Gasteiger partial charge is 0.350 e. The zero-order valence-corrected chi connectivity index (χ0v) is 18.8. The first-order valence-corrected chi connectivity index (χ1v) is 11.4. The topological polar surface area (TPSA) is 96.3 Å². The van der Waals surface area contributed by atoms with E-state index in [4.69, 9.17) is 0 Å². The molecule has 0 radical (unpaired) electrons. The Bertz CT molecular complexity index is 1070. The highest BCUT2D eigenvalue weighted by Crippen LogP contribution is 2.33. The van der Waals surface area contributed by atoms with Crippen molar-refractivity contribution in [2.45, 2.75) is 37.1 Å². The van der Waals surface area contributed by atoms with Crippen LogP contribution in [0.3, 0.4) is 0 Å². The third-order valence-electron chi connectivity index (χ3n) is 5.15. The predicted octanol–water partition coefficient (Wildman–Crippen LogP) is 1.53. The van der Waals surface area contributed by atoms with Crippen molar-refractivity contribution in [3.8, 4) is 0 Å². The van der Waals surface area contributed by atoms with Gasteiger partial charge in [0.15, 0.2) is 0 Å². The number of nitrogens with one attached hydrogen (secondary N) is 2. The monoisotopic (exact) mass is 507 g/mol. The highest BCUT2D eigenvalue weighted by Gasteiger charge is 2.45. The van der Waals surface area contributed by atoms with Crippen molar-refractivity contribution in [3.05, 3.63) is 53.1 Å². The Kier molecular flexibility index (Phi) is 8.02. The van der Waals surface area contributed by atoms with Gasteiger partial charge >= 0.3 is 0 Å². The molecule has 0 spiro atoms. The third-order valence-corrected chi connectivity index (χ3v) is 6.64. The van der Waals surface area contributed by atoms with Crippen LogP contribution >= 0.6 is 0 Å². The van der Waals surface area contributed by atoms with E-state index in [1.807, 2.05) is 0 Å². The van der Waals surface area contributed by atoms with Crippen molar-refractivity contribution in [2.24, 2.45) is 7.05 Å². The van der Waals surface area contributed by atoms with E-state index in [0.717, 1.165) is 4.31 Å². The van der Waals surface area contributed by atoms with Crippen LogP contribution in [0.5, 0.6) is 0 Å². The average molecular weight is 507 g/mol. The number of rotatable bonds is 8. The van der Waals surface area contributed by atoms with Crippen molar-refractivity contribution in [1.82, 2.24) is 24.7 Å². The summed E-state index contributed by atoms with van der Waals surface area (Å²) in [5.41, 5.74) is 0.0157. The summed E-state index contributed by atoms with van der Waals surface area (Å²) in [6.45, 7) is -0.882. The number of piperidine rings is 1. The molecule has 1 fully saturated rings. The molecule has 186 valence electrons. The zero-order valence-electron chi connectivity index (χ0n) is 18.0. The van der Waals surface area contributed by atoms with Crippen LogP contribution in [-0.4, -0.2) is 55.2 Å². The minimum absolute atomic E-state index is 0.134. The lowest BCUT2D eigenvalue weighted by Crippen LogP contribution is -2.55. The lowest BCUT2D eigenvalue weighted by atomic mass is 10.0. The predicted molar refractivity (Wildman–Crippen MR) is 111 cm³/mol. The maximum atomic E-state index is 14.0. The molecular formula is C20H22F5N5O3S. The van der Waals surface area contributed by atoms with E-state index in [0.29, 0.717) is 17.7 Å². The molecule has 3 rings (SSSR count). The Morgan fingerprint density at radius 1 is 1.21 bits per heavy atom. The number of alkyl halides is 2. The molecule has 2 atom stereocenters. The van der Waals surface area contributed by atoms with E-state index in [-0.39, 0.29) is 6.54 Å². The van der Waals surface area contributed by atoms with Gasteiger partial charge < -0.3 is 10.6 Å². The summed E-state index contributed by atoms with van der Waals surface area (Å²) < 4.78 is 84.2.